The zero-order valence-corrected chi connectivity index (χ0v) is 10.1. The molecule has 0 aromatic heterocycles. The van der Waals surface area contributed by atoms with Crippen molar-refractivity contribution in [3.8, 4) is 0 Å². The van der Waals surface area contributed by atoms with E-state index in [1.807, 2.05) is 0 Å². The molecule has 1 fully saturated rings. The van der Waals surface area contributed by atoms with Crippen molar-refractivity contribution < 1.29 is 22.7 Å². The minimum absolute atomic E-state index is 0.101. The zero-order chi connectivity index (χ0) is 13.6. The highest BCUT2D eigenvalue weighted by Gasteiger charge is 2.31. The molecule has 3 N–H and O–H groups in total. The molecule has 0 bridgehead atoms. The number of hydrogen-bond acceptors (Lipinski definition) is 3. The summed E-state index contributed by atoms with van der Waals surface area (Å²) < 4.78 is 40.8. The van der Waals surface area contributed by atoms with Gasteiger partial charge in [0.05, 0.1) is 6.10 Å². The van der Waals surface area contributed by atoms with Gasteiger partial charge in [-0.05, 0) is 25.7 Å². The summed E-state index contributed by atoms with van der Waals surface area (Å²) in [6.07, 6.45) is -1.90. The lowest BCUT2D eigenvalue weighted by Crippen LogP contribution is -2.41. The summed E-state index contributed by atoms with van der Waals surface area (Å²) in [5.74, 6) is -0.154. The molecule has 1 rings (SSSR count). The van der Waals surface area contributed by atoms with Gasteiger partial charge in [-0.15, -0.1) is 0 Å². The number of ether oxygens (including phenoxy) is 1. The highest BCUT2D eigenvalue weighted by molar-refractivity contribution is 5.76. The van der Waals surface area contributed by atoms with Gasteiger partial charge in [0.15, 0.2) is 0 Å². The van der Waals surface area contributed by atoms with Crippen molar-refractivity contribution in [3.05, 3.63) is 0 Å². The molecule has 7 heteroatoms. The van der Waals surface area contributed by atoms with E-state index >= 15 is 0 Å². The zero-order valence-electron chi connectivity index (χ0n) is 10.1. The molecule has 4 nitrogen and oxygen atoms in total. The van der Waals surface area contributed by atoms with Gasteiger partial charge in [-0.25, -0.2) is 0 Å². The van der Waals surface area contributed by atoms with Crippen LogP contribution in [0.4, 0.5) is 13.2 Å². The van der Waals surface area contributed by atoms with Crippen LogP contribution in [0, 0.1) is 0 Å². The second-order valence-corrected chi connectivity index (χ2v) is 4.52. The van der Waals surface area contributed by atoms with Gasteiger partial charge in [-0.2, -0.15) is 13.2 Å². The molecule has 0 spiro atoms. The molecular weight excluding hydrogens is 249 g/mol. The Balaban J connectivity index is 2.30. The molecule has 1 aliphatic carbocycles. The fraction of sp³-hybridized carbons (Fsp3) is 0.909. The summed E-state index contributed by atoms with van der Waals surface area (Å²) in [6.45, 7) is -0.951. The predicted molar refractivity (Wildman–Crippen MR) is 59.9 cm³/mol. The summed E-state index contributed by atoms with van der Waals surface area (Å²) in [7, 11) is 0. The summed E-state index contributed by atoms with van der Waals surface area (Å²) in [5, 5.41) is 2.77. The first-order valence-corrected chi connectivity index (χ1v) is 6.08. The predicted octanol–water partition coefficient (Wildman–Crippen LogP) is 1.34. The topological polar surface area (TPSA) is 64.4 Å². The molecule has 1 aliphatic rings. The Morgan fingerprint density at radius 3 is 2.72 bits per heavy atom. The van der Waals surface area contributed by atoms with Crippen LogP contribution in [-0.2, 0) is 9.53 Å². The Morgan fingerprint density at radius 2 is 2.11 bits per heavy atom. The summed E-state index contributed by atoms with van der Waals surface area (Å²) in [4.78, 5) is 11.3. The maximum Gasteiger partial charge on any atom is 0.411 e. The van der Waals surface area contributed by atoms with E-state index in [-0.39, 0.29) is 24.9 Å². The van der Waals surface area contributed by atoms with Gasteiger partial charge in [0.2, 0.25) is 5.91 Å². The number of carbonyl (C=O) groups is 1. The van der Waals surface area contributed by atoms with Crippen LogP contribution in [0.5, 0.6) is 0 Å². The van der Waals surface area contributed by atoms with Gasteiger partial charge in [0, 0.05) is 19.0 Å². The first-order chi connectivity index (χ1) is 8.40. The quantitative estimate of drug-likeness (QED) is 0.791. The second kappa shape index (κ2) is 6.94. The third kappa shape index (κ3) is 6.20. The van der Waals surface area contributed by atoms with E-state index in [0.717, 1.165) is 12.8 Å². The van der Waals surface area contributed by atoms with E-state index in [1.54, 1.807) is 0 Å². The molecule has 0 aliphatic heterocycles. The Bertz CT molecular complexity index is 272. The standard InChI is InChI=1S/C11H19F3N2O2/c12-11(13,14)7-18-9-3-1-2-8(6-9)16-10(17)4-5-15/h8-9H,1-7,15H2,(H,16,17). The van der Waals surface area contributed by atoms with E-state index in [2.05, 4.69) is 5.32 Å². The highest BCUT2D eigenvalue weighted by atomic mass is 19.4. The summed E-state index contributed by atoms with van der Waals surface area (Å²) in [5.41, 5.74) is 5.25. The Labute approximate surface area is 104 Å². The first-order valence-electron chi connectivity index (χ1n) is 6.08. The van der Waals surface area contributed by atoms with Crippen LogP contribution in [0.1, 0.15) is 32.1 Å². The Kier molecular flexibility index (Phi) is 5.87. The number of hydrogen-bond donors (Lipinski definition) is 2. The van der Waals surface area contributed by atoms with Gasteiger partial charge in [0.1, 0.15) is 6.61 Å². The molecule has 0 saturated heterocycles. The van der Waals surface area contributed by atoms with Crippen molar-refractivity contribution >= 4 is 5.91 Å². The molecule has 1 saturated carbocycles. The second-order valence-electron chi connectivity index (χ2n) is 4.52. The molecule has 0 aromatic rings. The van der Waals surface area contributed by atoms with E-state index < -0.39 is 18.9 Å². The van der Waals surface area contributed by atoms with Crippen molar-refractivity contribution in [1.82, 2.24) is 5.32 Å². The van der Waals surface area contributed by atoms with Gasteiger partial charge >= 0.3 is 6.18 Å². The van der Waals surface area contributed by atoms with Crippen molar-refractivity contribution in [2.75, 3.05) is 13.2 Å². The highest BCUT2D eigenvalue weighted by Crippen LogP contribution is 2.24. The number of carbonyl (C=O) groups excluding carboxylic acids is 1. The molecule has 0 heterocycles. The number of alkyl halides is 3. The molecular formula is C11H19F3N2O2. The third-order valence-corrected chi connectivity index (χ3v) is 2.85. The molecule has 2 atom stereocenters. The van der Waals surface area contributed by atoms with Gasteiger partial charge in [-0.1, -0.05) is 0 Å². The average Bonchev–Trinajstić information content (AvgIpc) is 2.26. The largest absolute Gasteiger partial charge is 0.411 e. The Hall–Kier alpha value is -0.820. The molecule has 18 heavy (non-hydrogen) atoms. The van der Waals surface area contributed by atoms with Crippen molar-refractivity contribution in [1.29, 1.82) is 0 Å². The molecule has 106 valence electrons. The lowest BCUT2D eigenvalue weighted by Gasteiger charge is -2.30. The Morgan fingerprint density at radius 1 is 1.39 bits per heavy atom. The van der Waals surface area contributed by atoms with Gasteiger partial charge < -0.3 is 15.8 Å². The maximum absolute atomic E-state index is 12.0. The average molecular weight is 268 g/mol. The normalized spacial score (nSPS) is 24.9. The monoisotopic (exact) mass is 268 g/mol. The van der Waals surface area contributed by atoms with Crippen LogP contribution < -0.4 is 11.1 Å². The van der Waals surface area contributed by atoms with Crippen LogP contribution in [0.3, 0.4) is 0 Å². The van der Waals surface area contributed by atoms with E-state index in [1.165, 1.54) is 0 Å². The van der Waals surface area contributed by atoms with Gasteiger partial charge in [0.25, 0.3) is 0 Å². The van der Waals surface area contributed by atoms with Crippen molar-refractivity contribution in [2.24, 2.45) is 5.73 Å². The molecule has 0 aromatic carbocycles. The number of nitrogens with two attached hydrogens (primary N) is 1. The SMILES string of the molecule is NCCC(=O)NC1CCCC(OCC(F)(F)F)C1. The maximum atomic E-state index is 12.0. The number of amides is 1. The first kappa shape index (κ1) is 15.2. The van der Waals surface area contributed by atoms with Crippen LogP contribution in [0.2, 0.25) is 0 Å². The minimum atomic E-state index is -4.30. The summed E-state index contributed by atoms with van der Waals surface area (Å²) in [6, 6.07) is -0.101. The third-order valence-electron chi connectivity index (χ3n) is 2.85. The fourth-order valence-corrected chi connectivity index (χ4v) is 2.07. The van der Waals surface area contributed by atoms with Crippen molar-refractivity contribution in [3.63, 3.8) is 0 Å². The van der Waals surface area contributed by atoms with E-state index in [4.69, 9.17) is 10.5 Å². The number of nitrogens with one attached hydrogen (secondary N) is 1. The van der Waals surface area contributed by atoms with Crippen LogP contribution >= 0.6 is 0 Å². The lowest BCUT2D eigenvalue weighted by atomic mass is 9.92. The number of rotatable bonds is 5. The van der Waals surface area contributed by atoms with Crippen molar-refractivity contribution in [2.45, 2.75) is 50.4 Å². The van der Waals surface area contributed by atoms with Gasteiger partial charge in [-0.3, -0.25) is 4.79 Å². The molecule has 2 unspecified atom stereocenters. The van der Waals surface area contributed by atoms with E-state index in [0.29, 0.717) is 12.8 Å². The van der Waals surface area contributed by atoms with E-state index in [9.17, 15) is 18.0 Å². The molecule has 0 radical (unpaired) electrons. The summed E-state index contributed by atoms with van der Waals surface area (Å²) >= 11 is 0. The lowest BCUT2D eigenvalue weighted by molar-refractivity contribution is -0.188. The number of halogens is 3. The smallest absolute Gasteiger partial charge is 0.369 e. The fourth-order valence-electron chi connectivity index (χ4n) is 2.07. The van der Waals surface area contributed by atoms with Crippen LogP contribution in [0.25, 0.3) is 0 Å². The van der Waals surface area contributed by atoms with Crippen LogP contribution in [-0.4, -0.2) is 37.4 Å². The molecule has 1 amide bonds. The minimum Gasteiger partial charge on any atom is -0.369 e. The van der Waals surface area contributed by atoms with Crippen LogP contribution in [0.15, 0.2) is 0 Å².